The highest BCUT2D eigenvalue weighted by molar-refractivity contribution is 6.33. The highest BCUT2D eigenvalue weighted by Crippen LogP contribution is 2.48. The molecule has 8 heteroatoms. The van der Waals surface area contributed by atoms with Crippen LogP contribution in [-0.2, 0) is 5.79 Å². The number of hydrogen-bond acceptors (Lipinski definition) is 7. The molecule has 0 fully saturated rings. The third-order valence-electron chi connectivity index (χ3n) is 5.29. The van der Waals surface area contributed by atoms with Gasteiger partial charge in [0, 0.05) is 36.5 Å². The van der Waals surface area contributed by atoms with Gasteiger partial charge in [-0.05, 0) is 44.4 Å². The van der Waals surface area contributed by atoms with Crippen molar-refractivity contribution in [2.75, 3.05) is 20.4 Å². The molecule has 0 bridgehead atoms. The van der Waals surface area contributed by atoms with Crippen molar-refractivity contribution in [2.45, 2.75) is 38.5 Å². The van der Waals surface area contributed by atoms with E-state index < -0.39 is 5.79 Å². The zero-order valence-electron chi connectivity index (χ0n) is 16.4. The van der Waals surface area contributed by atoms with Gasteiger partial charge in [-0.3, -0.25) is 5.73 Å². The van der Waals surface area contributed by atoms with Gasteiger partial charge in [-0.25, -0.2) is 4.99 Å². The number of nitrogens with one attached hydrogen (secondary N) is 3. The molecule has 0 saturated heterocycles. The second-order valence-electron chi connectivity index (χ2n) is 7.39. The quantitative estimate of drug-likeness (QED) is 0.606. The Hall–Kier alpha value is -2.22. The first-order valence-electron chi connectivity index (χ1n) is 9.49. The molecule has 3 aliphatic heterocycles. The van der Waals surface area contributed by atoms with Crippen molar-refractivity contribution >= 4 is 23.0 Å². The lowest BCUT2D eigenvalue weighted by Crippen LogP contribution is -2.51. The first kappa shape index (κ1) is 19.1. The van der Waals surface area contributed by atoms with Crippen LogP contribution in [-0.4, -0.2) is 32.3 Å². The summed E-state index contributed by atoms with van der Waals surface area (Å²) in [6, 6.07) is 2.27. The molecule has 0 saturated carbocycles. The maximum absolute atomic E-state index is 6.95. The maximum atomic E-state index is 6.95. The van der Waals surface area contributed by atoms with Gasteiger partial charge < -0.3 is 25.4 Å². The SMILES string of the molecule is CNC1=NC(N)(c2cc3c(c(C4=CCN[C@@H](C)CC4)c2Cl)OCO3)NC(C)=C1. The van der Waals surface area contributed by atoms with Crippen molar-refractivity contribution < 1.29 is 9.47 Å². The smallest absolute Gasteiger partial charge is 0.231 e. The van der Waals surface area contributed by atoms with Crippen LogP contribution in [0.1, 0.15) is 37.8 Å². The van der Waals surface area contributed by atoms with Gasteiger partial charge in [-0.1, -0.05) is 17.7 Å². The molecule has 1 unspecified atom stereocenters. The van der Waals surface area contributed by atoms with Gasteiger partial charge >= 0.3 is 0 Å². The Kier molecular flexibility index (Phi) is 4.99. The van der Waals surface area contributed by atoms with E-state index in [0.717, 1.165) is 36.2 Å². The number of nitrogens with two attached hydrogens (primary N) is 1. The van der Waals surface area contributed by atoms with Crippen molar-refractivity contribution in [1.29, 1.82) is 0 Å². The zero-order chi connectivity index (χ0) is 19.9. The second-order valence-corrected chi connectivity index (χ2v) is 7.77. The monoisotopic (exact) mass is 403 g/mol. The van der Waals surface area contributed by atoms with E-state index in [1.165, 1.54) is 0 Å². The van der Waals surface area contributed by atoms with Crippen molar-refractivity contribution in [3.8, 4) is 11.5 Å². The Morgan fingerprint density at radius 2 is 2.21 bits per heavy atom. The molecule has 3 heterocycles. The predicted molar refractivity (Wildman–Crippen MR) is 112 cm³/mol. The van der Waals surface area contributed by atoms with Crippen LogP contribution in [0.15, 0.2) is 28.9 Å². The van der Waals surface area contributed by atoms with Crippen molar-refractivity contribution in [3.63, 3.8) is 0 Å². The minimum absolute atomic E-state index is 0.166. The van der Waals surface area contributed by atoms with E-state index in [9.17, 15) is 0 Å². The van der Waals surface area contributed by atoms with Crippen LogP contribution in [0.3, 0.4) is 0 Å². The summed E-state index contributed by atoms with van der Waals surface area (Å²) in [4.78, 5) is 4.64. The summed E-state index contributed by atoms with van der Waals surface area (Å²) >= 11 is 6.95. The van der Waals surface area contributed by atoms with Gasteiger partial charge in [-0.2, -0.15) is 0 Å². The molecule has 1 aromatic rings. The van der Waals surface area contributed by atoms with E-state index >= 15 is 0 Å². The standard InChI is InChI=1S/C20H26ClN5O2/c1-11-4-5-13(6-7-24-11)17-18(21)14(9-15-19(17)28-10-27-15)20(22)25-12(2)8-16(23-3)26-20/h6,8-9,11,24-25H,4-5,7,10,22H2,1-3H3,(H,23,26)/t11-,20?/m0/s1. The van der Waals surface area contributed by atoms with Crippen molar-refractivity contribution in [2.24, 2.45) is 10.7 Å². The van der Waals surface area contributed by atoms with Gasteiger partial charge in [0.2, 0.25) is 12.6 Å². The average Bonchev–Trinajstić information content (AvgIpc) is 3.01. The number of likely N-dealkylation sites (N-methyl/N-ethyl adjacent to an activating group) is 1. The molecule has 3 aliphatic rings. The number of fused-ring (bicyclic) bond motifs is 1. The summed E-state index contributed by atoms with van der Waals surface area (Å²) in [6.45, 7) is 5.07. The van der Waals surface area contributed by atoms with Crippen LogP contribution in [0.4, 0.5) is 0 Å². The van der Waals surface area contributed by atoms with Gasteiger partial charge in [-0.15, -0.1) is 0 Å². The average molecular weight is 404 g/mol. The van der Waals surface area contributed by atoms with E-state index in [1.807, 2.05) is 26.1 Å². The topological polar surface area (TPSA) is 92.9 Å². The largest absolute Gasteiger partial charge is 0.454 e. The number of benzene rings is 1. The van der Waals surface area contributed by atoms with Gasteiger partial charge in [0.15, 0.2) is 11.5 Å². The van der Waals surface area contributed by atoms with Gasteiger partial charge in [0.25, 0.3) is 0 Å². The number of halogens is 1. The summed E-state index contributed by atoms with van der Waals surface area (Å²) < 4.78 is 11.5. The van der Waals surface area contributed by atoms with Gasteiger partial charge in [0.1, 0.15) is 5.84 Å². The Balaban J connectivity index is 1.86. The fourth-order valence-corrected chi connectivity index (χ4v) is 4.22. The van der Waals surface area contributed by atoms with Crippen LogP contribution in [0, 0.1) is 0 Å². The van der Waals surface area contributed by atoms with Crippen LogP contribution >= 0.6 is 11.6 Å². The van der Waals surface area contributed by atoms with Gasteiger partial charge in [0.05, 0.1) is 5.02 Å². The number of ether oxygens (including phenoxy) is 2. The van der Waals surface area contributed by atoms with Crippen LogP contribution in [0.25, 0.3) is 5.57 Å². The van der Waals surface area contributed by atoms with Crippen molar-refractivity contribution in [1.82, 2.24) is 16.0 Å². The molecule has 0 radical (unpaired) electrons. The normalized spacial score (nSPS) is 26.6. The summed E-state index contributed by atoms with van der Waals surface area (Å²) in [5.74, 6) is 0.793. The van der Waals surface area contributed by atoms with E-state index in [-0.39, 0.29) is 6.79 Å². The van der Waals surface area contributed by atoms with Crippen LogP contribution < -0.4 is 31.2 Å². The second kappa shape index (κ2) is 7.31. The molecule has 0 amide bonds. The lowest BCUT2D eigenvalue weighted by Gasteiger charge is -2.33. The molecule has 2 atom stereocenters. The molecular formula is C20H26ClN5O2. The molecule has 7 nitrogen and oxygen atoms in total. The Labute approximate surface area is 170 Å². The fourth-order valence-electron chi connectivity index (χ4n) is 3.82. The Morgan fingerprint density at radius 1 is 1.39 bits per heavy atom. The first-order chi connectivity index (χ1) is 13.4. The Bertz CT molecular complexity index is 895. The molecule has 4 rings (SSSR count). The fraction of sp³-hybridized carbons (Fsp3) is 0.450. The third kappa shape index (κ3) is 3.34. The van der Waals surface area contributed by atoms with Crippen LogP contribution in [0.2, 0.25) is 5.02 Å². The molecule has 1 aromatic carbocycles. The number of nitrogens with zero attached hydrogens (tertiary/aromatic N) is 1. The van der Waals surface area contributed by atoms with E-state index in [4.69, 9.17) is 26.8 Å². The first-order valence-corrected chi connectivity index (χ1v) is 9.87. The summed E-state index contributed by atoms with van der Waals surface area (Å²) in [5.41, 5.74) is 10.2. The molecule has 5 N–H and O–H groups in total. The third-order valence-corrected chi connectivity index (χ3v) is 5.68. The molecule has 28 heavy (non-hydrogen) atoms. The summed E-state index contributed by atoms with van der Waals surface area (Å²) in [6.07, 6.45) is 5.97. The number of aliphatic imine (C=N–C) groups is 1. The maximum Gasteiger partial charge on any atom is 0.231 e. The molecule has 150 valence electrons. The number of amidine groups is 1. The minimum Gasteiger partial charge on any atom is -0.454 e. The summed E-state index contributed by atoms with van der Waals surface area (Å²) in [7, 11) is 1.81. The Morgan fingerprint density at radius 3 is 3.00 bits per heavy atom. The number of rotatable bonds is 2. The van der Waals surface area contributed by atoms with Crippen LogP contribution in [0.5, 0.6) is 11.5 Å². The molecule has 0 aliphatic carbocycles. The predicted octanol–water partition coefficient (Wildman–Crippen LogP) is 2.42. The number of hydrogen-bond donors (Lipinski definition) is 4. The molecule has 0 spiro atoms. The highest BCUT2D eigenvalue weighted by atomic mass is 35.5. The van der Waals surface area contributed by atoms with Crippen molar-refractivity contribution in [3.05, 3.63) is 40.1 Å². The molecule has 0 aromatic heterocycles. The van der Waals surface area contributed by atoms with E-state index in [2.05, 4.69) is 33.9 Å². The zero-order valence-corrected chi connectivity index (χ0v) is 17.1. The number of allylic oxidation sites excluding steroid dienone is 2. The van der Waals surface area contributed by atoms with E-state index in [1.54, 1.807) is 0 Å². The molecular weight excluding hydrogens is 378 g/mol. The minimum atomic E-state index is -1.21. The lowest BCUT2D eigenvalue weighted by molar-refractivity contribution is 0.173. The lowest BCUT2D eigenvalue weighted by atomic mass is 9.94. The highest BCUT2D eigenvalue weighted by Gasteiger charge is 2.37. The summed E-state index contributed by atoms with van der Waals surface area (Å²) in [5, 5.41) is 10.3. The van der Waals surface area contributed by atoms with E-state index in [0.29, 0.717) is 34.0 Å².